The molecule has 8 nitrogen and oxygen atoms in total. The molecule has 34 heavy (non-hydrogen) atoms. The number of amides is 2. The third kappa shape index (κ3) is 6.93. The van der Waals surface area contributed by atoms with Gasteiger partial charge in [-0.25, -0.2) is 8.42 Å². The molecule has 1 atom stereocenters. The van der Waals surface area contributed by atoms with Gasteiger partial charge in [-0.2, -0.15) is 4.31 Å². The van der Waals surface area contributed by atoms with Crippen LogP contribution in [0.5, 0.6) is 0 Å². The molecule has 0 saturated heterocycles. The van der Waals surface area contributed by atoms with Crippen molar-refractivity contribution in [2.45, 2.75) is 19.1 Å². The third-order valence-electron chi connectivity index (χ3n) is 5.20. The highest BCUT2D eigenvalue weighted by molar-refractivity contribution is 7.88. The molecule has 3 rings (SSSR count). The average Bonchev–Trinajstić information content (AvgIpc) is 3.32. The van der Waals surface area contributed by atoms with Crippen LogP contribution in [0.2, 0.25) is 5.02 Å². The van der Waals surface area contributed by atoms with Crippen LogP contribution in [0.1, 0.15) is 22.9 Å². The van der Waals surface area contributed by atoms with Crippen LogP contribution >= 0.6 is 11.6 Å². The Morgan fingerprint density at radius 2 is 1.71 bits per heavy atom. The predicted octanol–water partition coefficient (Wildman–Crippen LogP) is 3.21. The molecule has 3 aromatic rings. The molecule has 180 valence electrons. The summed E-state index contributed by atoms with van der Waals surface area (Å²) in [6.07, 6.45) is 2.53. The lowest BCUT2D eigenvalue weighted by molar-refractivity contribution is -0.141. The fourth-order valence-corrected chi connectivity index (χ4v) is 3.77. The zero-order valence-electron chi connectivity index (χ0n) is 18.8. The standard InChI is InChI=1S/C24H26ClN3O5S/c1-27(34(2,31)32)17-22(29)28(16-18-10-12-20(25)13-11-18)23(19-7-4-3-5-8-19)24(30)26-15-21-9-6-14-33-21/h3-14,23H,15-17H2,1-2H3,(H,26,30)/t23-/m0/s1. The van der Waals surface area contributed by atoms with Crippen molar-refractivity contribution < 1.29 is 22.4 Å². The zero-order valence-corrected chi connectivity index (χ0v) is 20.4. The summed E-state index contributed by atoms with van der Waals surface area (Å²) < 4.78 is 30.1. The highest BCUT2D eigenvalue weighted by Crippen LogP contribution is 2.25. The molecule has 0 spiro atoms. The van der Waals surface area contributed by atoms with E-state index in [2.05, 4.69) is 5.32 Å². The Kier molecular flexibility index (Phi) is 8.49. The first-order valence-electron chi connectivity index (χ1n) is 10.5. The van der Waals surface area contributed by atoms with Crippen molar-refractivity contribution >= 4 is 33.4 Å². The quantitative estimate of drug-likeness (QED) is 0.458. The molecular weight excluding hydrogens is 478 g/mol. The van der Waals surface area contributed by atoms with Gasteiger partial charge in [-0.05, 0) is 35.4 Å². The number of nitrogens with zero attached hydrogens (tertiary/aromatic N) is 2. The molecule has 1 heterocycles. The Hall–Kier alpha value is -3.14. The smallest absolute Gasteiger partial charge is 0.247 e. The van der Waals surface area contributed by atoms with Crippen LogP contribution in [0.4, 0.5) is 0 Å². The van der Waals surface area contributed by atoms with E-state index in [1.807, 2.05) is 6.07 Å². The maximum atomic E-state index is 13.4. The number of hydrogen-bond donors (Lipinski definition) is 1. The summed E-state index contributed by atoms with van der Waals surface area (Å²) in [4.78, 5) is 28.2. The van der Waals surface area contributed by atoms with Crippen molar-refractivity contribution in [3.8, 4) is 0 Å². The van der Waals surface area contributed by atoms with Crippen molar-refractivity contribution in [3.05, 3.63) is 94.9 Å². The SMILES string of the molecule is CN(CC(=O)N(Cc1ccc(Cl)cc1)[C@H](C(=O)NCc1ccco1)c1ccccc1)S(C)(=O)=O. The Morgan fingerprint density at radius 1 is 1.03 bits per heavy atom. The van der Waals surface area contributed by atoms with Gasteiger partial charge in [0.05, 0.1) is 25.6 Å². The lowest BCUT2D eigenvalue weighted by atomic mass is 10.0. The molecule has 2 aromatic carbocycles. The van der Waals surface area contributed by atoms with Crippen LogP contribution in [-0.2, 0) is 32.7 Å². The molecule has 10 heteroatoms. The highest BCUT2D eigenvalue weighted by Gasteiger charge is 2.33. The number of likely N-dealkylation sites (N-methyl/N-ethyl adjacent to an activating group) is 1. The first-order chi connectivity index (χ1) is 16.1. The third-order valence-corrected chi connectivity index (χ3v) is 6.72. The van der Waals surface area contributed by atoms with Crippen LogP contribution in [0.15, 0.2) is 77.4 Å². The Morgan fingerprint density at radius 3 is 2.29 bits per heavy atom. The number of rotatable bonds is 10. The minimum absolute atomic E-state index is 0.0708. The lowest BCUT2D eigenvalue weighted by Gasteiger charge is -2.32. The number of sulfonamides is 1. The highest BCUT2D eigenvalue weighted by atomic mass is 35.5. The number of furan rings is 1. The van der Waals surface area contributed by atoms with Gasteiger partial charge in [0.2, 0.25) is 21.8 Å². The summed E-state index contributed by atoms with van der Waals surface area (Å²) in [5.41, 5.74) is 1.32. The molecule has 1 N–H and O–H groups in total. The van der Waals surface area contributed by atoms with Crippen LogP contribution < -0.4 is 5.32 Å². The number of carbonyl (C=O) groups excluding carboxylic acids is 2. The van der Waals surface area contributed by atoms with Gasteiger partial charge in [0, 0.05) is 18.6 Å². The Labute approximate surface area is 204 Å². The van der Waals surface area contributed by atoms with Crippen molar-refractivity contribution in [1.29, 1.82) is 0 Å². The molecule has 2 amide bonds. The molecule has 0 unspecified atom stereocenters. The van der Waals surface area contributed by atoms with Gasteiger partial charge in [-0.1, -0.05) is 54.1 Å². The first-order valence-corrected chi connectivity index (χ1v) is 12.7. The largest absolute Gasteiger partial charge is 0.467 e. The molecule has 0 saturated carbocycles. The second-order valence-electron chi connectivity index (χ2n) is 7.78. The van der Waals surface area contributed by atoms with Gasteiger partial charge in [0.15, 0.2) is 0 Å². The summed E-state index contributed by atoms with van der Waals surface area (Å²) in [7, 11) is -2.28. The van der Waals surface area contributed by atoms with E-state index in [-0.39, 0.29) is 13.1 Å². The minimum atomic E-state index is -3.60. The van der Waals surface area contributed by atoms with Crippen LogP contribution in [0.25, 0.3) is 0 Å². The first kappa shape index (κ1) is 25.5. The monoisotopic (exact) mass is 503 g/mol. The molecule has 0 aliphatic heterocycles. The van der Waals surface area contributed by atoms with Gasteiger partial charge >= 0.3 is 0 Å². The van der Waals surface area contributed by atoms with Crippen molar-refractivity contribution in [2.75, 3.05) is 19.8 Å². The van der Waals surface area contributed by atoms with E-state index < -0.39 is 34.4 Å². The molecule has 0 fully saturated rings. The van der Waals surface area contributed by atoms with Gasteiger partial charge in [0.25, 0.3) is 0 Å². The number of carbonyl (C=O) groups is 2. The molecular formula is C24H26ClN3O5S. The number of halogens is 1. The van der Waals surface area contributed by atoms with Crippen LogP contribution in [0, 0.1) is 0 Å². The molecule has 0 aliphatic carbocycles. The Bertz CT molecular complexity index is 1200. The van der Waals surface area contributed by atoms with Crippen molar-refractivity contribution in [3.63, 3.8) is 0 Å². The van der Waals surface area contributed by atoms with E-state index in [9.17, 15) is 18.0 Å². The summed E-state index contributed by atoms with van der Waals surface area (Å²) >= 11 is 6.00. The van der Waals surface area contributed by atoms with E-state index in [0.717, 1.165) is 16.1 Å². The van der Waals surface area contributed by atoms with E-state index >= 15 is 0 Å². The van der Waals surface area contributed by atoms with Gasteiger partial charge < -0.3 is 14.6 Å². The van der Waals surface area contributed by atoms with Crippen molar-refractivity contribution in [1.82, 2.24) is 14.5 Å². The number of hydrogen-bond acceptors (Lipinski definition) is 5. The minimum Gasteiger partial charge on any atom is -0.467 e. The predicted molar refractivity (Wildman–Crippen MR) is 129 cm³/mol. The Balaban J connectivity index is 1.97. The van der Waals surface area contributed by atoms with E-state index in [0.29, 0.717) is 16.3 Å². The molecule has 0 aliphatic rings. The summed E-state index contributed by atoms with van der Waals surface area (Å²) in [5.74, 6) is -0.385. The van der Waals surface area contributed by atoms with Gasteiger partial charge in [-0.15, -0.1) is 0 Å². The lowest BCUT2D eigenvalue weighted by Crippen LogP contribution is -2.47. The van der Waals surface area contributed by atoms with Crippen LogP contribution in [0.3, 0.4) is 0 Å². The maximum absolute atomic E-state index is 13.4. The van der Waals surface area contributed by atoms with Crippen molar-refractivity contribution in [2.24, 2.45) is 0 Å². The van der Waals surface area contributed by atoms with E-state index in [4.69, 9.17) is 16.0 Å². The summed E-state index contributed by atoms with van der Waals surface area (Å²) in [6.45, 7) is -0.204. The summed E-state index contributed by atoms with van der Waals surface area (Å²) in [5, 5.41) is 3.35. The average molecular weight is 504 g/mol. The number of benzene rings is 2. The number of nitrogens with one attached hydrogen (secondary N) is 1. The van der Waals surface area contributed by atoms with Gasteiger partial charge in [0.1, 0.15) is 11.8 Å². The topological polar surface area (TPSA) is 99.9 Å². The van der Waals surface area contributed by atoms with Crippen LogP contribution in [-0.4, -0.2) is 49.3 Å². The second-order valence-corrected chi connectivity index (χ2v) is 10.3. The molecule has 0 radical (unpaired) electrons. The normalized spacial score (nSPS) is 12.4. The van der Waals surface area contributed by atoms with E-state index in [1.54, 1.807) is 60.7 Å². The molecule has 0 bridgehead atoms. The fourth-order valence-electron chi connectivity index (χ4n) is 3.30. The van der Waals surface area contributed by atoms with Gasteiger partial charge in [-0.3, -0.25) is 9.59 Å². The fraction of sp³-hybridized carbons (Fsp3) is 0.250. The molecule has 1 aromatic heterocycles. The summed E-state index contributed by atoms with van der Waals surface area (Å²) in [6, 6.07) is 18.2. The second kappa shape index (κ2) is 11.3. The zero-order chi connectivity index (χ0) is 24.7. The van der Waals surface area contributed by atoms with E-state index in [1.165, 1.54) is 18.2 Å². The maximum Gasteiger partial charge on any atom is 0.247 e.